The number of benzene rings is 2. The fraction of sp³-hybridized carbons (Fsp3) is 0.368. The first-order valence-electron chi connectivity index (χ1n) is 7.80. The van der Waals surface area contributed by atoms with E-state index in [9.17, 15) is 0 Å². The Morgan fingerprint density at radius 1 is 0.957 bits per heavy atom. The average Bonchev–Trinajstić information content (AvgIpc) is 2.56. The molecule has 0 aliphatic heterocycles. The van der Waals surface area contributed by atoms with Gasteiger partial charge in [0.2, 0.25) is 0 Å². The Kier molecular flexibility index (Phi) is 6.29. The van der Waals surface area contributed by atoms with Crippen LogP contribution in [0.25, 0.3) is 0 Å². The third-order valence-electron chi connectivity index (χ3n) is 3.41. The second-order valence-corrected chi connectivity index (χ2v) is 5.57. The smallest absolute Gasteiger partial charge is 0.166 e. The summed E-state index contributed by atoms with van der Waals surface area (Å²) in [4.78, 5) is 0. The van der Waals surface area contributed by atoms with Crippen LogP contribution in [-0.4, -0.2) is 20.3 Å². The lowest BCUT2D eigenvalue weighted by Crippen LogP contribution is -2.15. The van der Waals surface area contributed by atoms with E-state index < -0.39 is 0 Å². The van der Waals surface area contributed by atoms with Gasteiger partial charge in [-0.05, 0) is 37.6 Å². The highest BCUT2D eigenvalue weighted by molar-refractivity contribution is 5.46. The maximum atomic E-state index is 5.92. The maximum Gasteiger partial charge on any atom is 0.166 e. The molecule has 0 fully saturated rings. The lowest BCUT2D eigenvalue weighted by molar-refractivity contribution is 0.227. The van der Waals surface area contributed by atoms with Crippen molar-refractivity contribution in [3.8, 4) is 17.2 Å². The molecule has 2 aromatic rings. The zero-order valence-electron chi connectivity index (χ0n) is 14.3. The van der Waals surface area contributed by atoms with E-state index in [-0.39, 0.29) is 6.10 Å². The summed E-state index contributed by atoms with van der Waals surface area (Å²) in [7, 11) is 3.34. The molecule has 23 heavy (non-hydrogen) atoms. The van der Waals surface area contributed by atoms with Gasteiger partial charge in [0.25, 0.3) is 0 Å². The Labute approximate surface area is 138 Å². The minimum Gasteiger partial charge on any atom is -0.497 e. The van der Waals surface area contributed by atoms with Crippen LogP contribution < -0.4 is 19.5 Å². The van der Waals surface area contributed by atoms with E-state index in [0.717, 1.165) is 29.4 Å². The third-order valence-corrected chi connectivity index (χ3v) is 3.41. The molecular weight excluding hydrogens is 290 g/mol. The first-order chi connectivity index (χ1) is 11.1. The molecule has 0 saturated carbocycles. The van der Waals surface area contributed by atoms with Crippen LogP contribution in [0.1, 0.15) is 25.0 Å². The summed E-state index contributed by atoms with van der Waals surface area (Å²) in [6.07, 6.45) is 0.100. The molecule has 2 aromatic carbocycles. The van der Waals surface area contributed by atoms with Gasteiger partial charge < -0.3 is 19.5 Å². The van der Waals surface area contributed by atoms with E-state index in [2.05, 4.69) is 17.4 Å². The van der Waals surface area contributed by atoms with E-state index in [1.807, 2.05) is 44.2 Å². The number of hydrogen-bond donors (Lipinski definition) is 1. The van der Waals surface area contributed by atoms with Crippen molar-refractivity contribution in [2.24, 2.45) is 0 Å². The van der Waals surface area contributed by atoms with E-state index >= 15 is 0 Å². The second-order valence-electron chi connectivity index (χ2n) is 5.57. The Bertz CT molecular complexity index is 626. The molecule has 1 N–H and O–H groups in total. The molecule has 4 nitrogen and oxygen atoms in total. The van der Waals surface area contributed by atoms with Crippen molar-refractivity contribution in [3.63, 3.8) is 0 Å². The Morgan fingerprint density at radius 3 is 2.43 bits per heavy atom. The molecule has 0 aliphatic rings. The van der Waals surface area contributed by atoms with Gasteiger partial charge in [-0.25, -0.2) is 0 Å². The van der Waals surface area contributed by atoms with Gasteiger partial charge in [-0.2, -0.15) is 0 Å². The van der Waals surface area contributed by atoms with Crippen LogP contribution in [0.4, 0.5) is 0 Å². The molecule has 124 valence electrons. The molecule has 4 heteroatoms. The molecule has 0 amide bonds. The number of nitrogens with one attached hydrogen (secondary N) is 1. The van der Waals surface area contributed by atoms with Crippen LogP contribution in [0.2, 0.25) is 0 Å². The minimum atomic E-state index is 0.100. The zero-order chi connectivity index (χ0) is 16.7. The van der Waals surface area contributed by atoms with Crippen molar-refractivity contribution < 1.29 is 14.2 Å². The molecule has 2 rings (SSSR count). The third kappa shape index (κ3) is 4.89. The van der Waals surface area contributed by atoms with E-state index in [1.54, 1.807) is 14.2 Å². The van der Waals surface area contributed by atoms with Crippen LogP contribution in [0.15, 0.2) is 42.5 Å². The SMILES string of the molecule is COc1cccc(CNCc2cccc(OC)c2OC(C)C)c1. The monoisotopic (exact) mass is 315 g/mol. The second kappa shape index (κ2) is 8.44. The molecular formula is C19H25NO3. The number of hydrogen-bond acceptors (Lipinski definition) is 4. The van der Waals surface area contributed by atoms with Gasteiger partial charge in [0.1, 0.15) is 5.75 Å². The summed E-state index contributed by atoms with van der Waals surface area (Å²) >= 11 is 0. The van der Waals surface area contributed by atoms with E-state index in [0.29, 0.717) is 6.54 Å². The predicted octanol–water partition coefficient (Wildman–Crippen LogP) is 3.78. The molecule has 0 unspecified atom stereocenters. The van der Waals surface area contributed by atoms with Gasteiger partial charge in [0, 0.05) is 18.7 Å². The summed E-state index contributed by atoms with van der Waals surface area (Å²) in [5.74, 6) is 2.44. The fourth-order valence-corrected chi connectivity index (χ4v) is 2.35. The van der Waals surface area contributed by atoms with Gasteiger partial charge in [-0.1, -0.05) is 24.3 Å². The molecule has 0 bridgehead atoms. The van der Waals surface area contributed by atoms with E-state index in [1.165, 1.54) is 5.56 Å². The summed E-state index contributed by atoms with van der Waals surface area (Å²) in [6, 6.07) is 14.0. The van der Waals surface area contributed by atoms with Crippen LogP contribution in [-0.2, 0) is 13.1 Å². The lowest BCUT2D eigenvalue weighted by Gasteiger charge is -2.17. The van der Waals surface area contributed by atoms with Crippen LogP contribution in [0, 0.1) is 0 Å². The number of ether oxygens (including phenoxy) is 3. The summed E-state index contributed by atoms with van der Waals surface area (Å²) in [6.45, 7) is 5.49. The quantitative estimate of drug-likeness (QED) is 0.805. The van der Waals surface area contributed by atoms with Gasteiger partial charge in [-0.3, -0.25) is 0 Å². The average molecular weight is 315 g/mol. The molecule has 0 heterocycles. The van der Waals surface area contributed by atoms with Crippen molar-refractivity contribution in [2.75, 3.05) is 14.2 Å². The number of methoxy groups -OCH3 is 2. The normalized spacial score (nSPS) is 10.7. The number of para-hydroxylation sites is 1. The Balaban J connectivity index is 2.04. The largest absolute Gasteiger partial charge is 0.497 e. The molecule has 0 aromatic heterocycles. The Hall–Kier alpha value is -2.20. The van der Waals surface area contributed by atoms with Crippen molar-refractivity contribution in [1.82, 2.24) is 5.32 Å². The van der Waals surface area contributed by atoms with Crippen LogP contribution >= 0.6 is 0 Å². The van der Waals surface area contributed by atoms with Gasteiger partial charge in [0.05, 0.1) is 20.3 Å². The molecule has 0 aliphatic carbocycles. The van der Waals surface area contributed by atoms with Crippen molar-refractivity contribution in [2.45, 2.75) is 33.0 Å². The topological polar surface area (TPSA) is 39.7 Å². The number of rotatable bonds is 8. The Morgan fingerprint density at radius 2 is 1.74 bits per heavy atom. The predicted molar refractivity (Wildman–Crippen MR) is 92.3 cm³/mol. The summed E-state index contributed by atoms with van der Waals surface area (Å²) < 4.78 is 16.6. The van der Waals surface area contributed by atoms with Gasteiger partial charge in [0.15, 0.2) is 11.5 Å². The highest BCUT2D eigenvalue weighted by atomic mass is 16.5. The standard InChI is InChI=1S/C19H25NO3/c1-14(2)23-19-16(8-6-10-18(19)22-4)13-20-12-15-7-5-9-17(11-15)21-3/h5-11,14,20H,12-13H2,1-4H3. The summed E-state index contributed by atoms with van der Waals surface area (Å²) in [5, 5.41) is 3.44. The van der Waals surface area contributed by atoms with Crippen LogP contribution in [0.5, 0.6) is 17.2 Å². The zero-order valence-corrected chi connectivity index (χ0v) is 14.3. The molecule has 0 saturated heterocycles. The van der Waals surface area contributed by atoms with Crippen molar-refractivity contribution >= 4 is 0 Å². The fourth-order valence-electron chi connectivity index (χ4n) is 2.35. The van der Waals surface area contributed by atoms with Crippen LogP contribution in [0.3, 0.4) is 0 Å². The minimum absolute atomic E-state index is 0.100. The van der Waals surface area contributed by atoms with Crippen molar-refractivity contribution in [3.05, 3.63) is 53.6 Å². The van der Waals surface area contributed by atoms with Gasteiger partial charge >= 0.3 is 0 Å². The molecule has 0 spiro atoms. The lowest BCUT2D eigenvalue weighted by atomic mass is 10.1. The molecule has 0 radical (unpaired) electrons. The maximum absolute atomic E-state index is 5.92. The summed E-state index contributed by atoms with van der Waals surface area (Å²) in [5.41, 5.74) is 2.26. The molecule has 0 atom stereocenters. The first kappa shape index (κ1) is 17.2. The van der Waals surface area contributed by atoms with Gasteiger partial charge in [-0.15, -0.1) is 0 Å². The first-order valence-corrected chi connectivity index (χ1v) is 7.80. The highest BCUT2D eigenvalue weighted by Gasteiger charge is 2.11. The highest BCUT2D eigenvalue weighted by Crippen LogP contribution is 2.32. The van der Waals surface area contributed by atoms with E-state index in [4.69, 9.17) is 14.2 Å². The van der Waals surface area contributed by atoms with Crippen molar-refractivity contribution in [1.29, 1.82) is 0 Å².